The summed E-state index contributed by atoms with van der Waals surface area (Å²) in [5.41, 5.74) is 16.7. The monoisotopic (exact) mass is 712 g/mol. The molecule has 0 radical (unpaired) electrons. The normalized spacial score (nSPS) is 11.6. The maximum Gasteiger partial charge on any atom is 0.0632 e. The van der Waals surface area contributed by atoms with Gasteiger partial charge in [0.15, 0.2) is 0 Å². The Hall–Kier alpha value is -7.42. The van der Waals surface area contributed by atoms with E-state index in [2.05, 4.69) is 228 Å². The standard InChI is InChI=1S/C54H36N2/c1-5-19-37(20-6-1)49-50(38-21-7-2-8-22-38)52(40-25-11-4-12-26-40)54-53(51(49)39-23-9-3-10-24-39)45-29-15-18-32-48(45)56(54)42-35-33-41(34-36-42)55-46-30-16-13-27-43(46)44-28-14-17-31-47(44)55/h1-36H. The van der Waals surface area contributed by atoms with Gasteiger partial charge in [0.25, 0.3) is 0 Å². The van der Waals surface area contributed by atoms with Gasteiger partial charge in [-0.15, -0.1) is 0 Å². The number of nitrogens with zero attached hydrogens (tertiary/aromatic N) is 2. The summed E-state index contributed by atoms with van der Waals surface area (Å²) < 4.78 is 4.90. The number of hydrogen-bond donors (Lipinski definition) is 0. The van der Waals surface area contributed by atoms with E-state index in [9.17, 15) is 0 Å². The van der Waals surface area contributed by atoms with Crippen LogP contribution in [0.3, 0.4) is 0 Å². The molecule has 2 nitrogen and oxygen atoms in total. The van der Waals surface area contributed by atoms with Crippen LogP contribution >= 0.6 is 0 Å². The van der Waals surface area contributed by atoms with Crippen LogP contribution < -0.4 is 0 Å². The molecule has 11 aromatic rings. The fourth-order valence-corrected chi connectivity index (χ4v) is 9.01. The van der Waals surface area contributed by atoms with E-state index < -0.39 is 0 Å². The van der Waals surface area contributed by atoms with Crippen LogP contribution in [0.4, 0.5) is 0 Å². The molecule has 0 amide bonds. The molecule has 11 rings (SSSR count). The predicted octanol–water partition coefficient (Wildman–Crippen LogP) is 14.5. The zero-order chi connectivity index (χ0) is 37.0. The first kappa shape index (κ1) is 32.0. The van der Waals surface area contributed by atoms with Crippen molar-refractivity contribution in [3.63, 3.8) is 0 Å². The smallest absolute Gasteiger partial charge is 0.0632 e. The highest BCUT2D eigenvalue weighted by Gasteiger charge is 2.28. The molecule has 0 aliphatic heterocycles. The summed E-state index contributed by atoms with van der Waals surface area (Å²) in [4.78, 5) is 0. The number of para-hydroxylation sites is 3. The molecule has 2 heterocycles. The maximum absolute atomic E-state index is 2.51. The van der Waals surface area contributed by atoms with Crippen molar-refractivity contribution in [2.45, 2.75) is 0 Å². The Morgan fingerprint density at radius 2 is 0.554 bits per heavy atom. The molecule has 0 aliphatic carbocycles. The summed E-state index contributed by atoms with van der Waals surface area (Å²) in [6.07, 6.45) is 0. The van der Waals surface area contributed by atoms with Crippen LogP contribution in [0.5, 0.6) is 0 Å². The van der Waals surface area contributed by atoms with E-state index >= 15 is 0 Å². The fraction of sp³-hybridized carbons (Fsp3) is 0. The van der Waals surface area contributed by atoms with Crippen molar-refractivity contribution in [3.05, 3.63) is 218 Å². The molecule has 0 bridgehead atoms. The Bertz CT molecular complexity index is 3140. The Kier molecular flexibility index (Phi) is 7.53. The molecule has 0 unspecified atom stereocenters. The van der Waals surface area contributed by atoms with Crippen molar-refractivity contribution in [1.29, 1.82) is 0 Å². The SMILES string of the molecule is c1ccc(-c2c(-c3ccccc3)c(-c3ccccc3)c3c(c2-c2ccccc2)c2ccccc2n3-c2ccc(-n3c4ccccc4c4ccccc43)cc2)cc1. The average molecular weight is 713 g/mol. The molecular formula is C54H36N2. The van der Waals surface area contributed by atoms with Crippen LogP contribution in [0.1, 0.15) is 0 Å². The molecule has 56 heavy (non-hydrogen) atoms. The lowest BCUT2D eigenvalue weighted by Gasteiger charge is -2.24. The lowest BCUT2D eigenvalue weighted by atomic mass is 9.80. The van der Waals surface area contributed by atoms with Crippen molar-refractivity contribution in [1.82, 2.24) is 9.13 Å². The van der Waals surface area contributed by atoms with Gasteiger partial charge in [-0.25, -0.2) is 0 Å². The average Bonchev–Trinajstić information content (AvgIpc) is 3.80. The Balaban J connectivity index is 1.31. The third kappa shape index (κ3) is 4.97. The minimum absolute atomic E-state index is 1.11. The summed E-state index contributed by atoms with van der Waals surface area (Å²) in [6, 6.07) is 79.4. The Morgan fingerprint density at radius 1 is 0.232 bits per heavy atom. The van der Waals surface area contributed by atoms with E-state index in [1.165, 1.54) is 88.1 Å². The molecule has 0 saturated heterocycles. The van der Waals surface area contributed by atoms with Gasteiger partial charge in [-0.2, -0.15) is 0 Å². The van der Waals surface area contributed by atoms with Gasteiger partial charge >= 0.3 is 0 Å². The van der Waals surface area contributed by atoms with Crippen molar-refractivity contribution in [2.24, 2.45) is 0 Å². The van der Waals surface area contributed by atoms with Gasteiger partial charge in [0, 0.05) is 49.6 Å². The van der Waals surface area contributed by atoms with Crippen LogP contribution in [-0.2, 0) is 0 Å². The maximum atomic E-state index is 2.51. The van der Waals surface area contributed by atoms with Gasteiger partial charge in [-0.05, 0) is 70.3 Å². The summed E-state index contributed by atoms with van der Waals surface area (Å²) in [5, 5.41) is 4.99. The van der Waals surface area contributed by atoms with Crippen LogP contribution in [0.15, 0.2) is 218 Å². The molecule has 0 fully saturated rings. The number of rotatable bonds is 6. The highest BCUT2D eigenvalue weighted by atomic mass is 15.0. The lowest BCUT2D eigenvalue weighted by molar-refractivity contribution is 1.14. The third-order valence-corrected chi connectivity index (χ3v) is 11.3. The first-order chi connectivity index (χ1) is 27.8. The number of benzene rings is 9. The van der Waals surface area contributed by atoms with Crippen LogP contribution in [0.25, 0.3) is 99.5 Å². The minimum atomic E-state index is 1.11. The van der Waals surface area contributed by atoms with Crippen LogP contribution in [0, 0.1) is 0 Å². The zero-order valence-electron chi connectivity index (χ0n) is 30.7. The number of hydrogen-bond acceptors (Lipinski definition) is 0. The van der Waals surface area contributed by atoms with Gasteiger partial charge < -0.3 is 9.13 Å². The highest BCUT2D eigenvalue weighted by molar-refractivity contribution is 6.26. The molecule has 0 spiro atoms. The van der Waals surface area contributed by atoms with Crippen molar-refractivity contribution >= 4 is 43.6 Å². The molecular weight excluding hydrogens is 677 g/mol. The summed E-state index contributed by atoms with van der Waals surface area (Å²) >= 11 is 0. The quantitative estimate of drug-likeness (QED) is 0.162. The predicted molar refractivity (Wildman–Crippen MR) is 237 cm³/mol. The van der Waals surface area contributed by atoms with E-state index in [4.69, 9.17) is 0 Å². The first-order valence-electron chi connectivity index (χ1n) is 19.3. The van der Waals surface area contributed by atoms with Gasteiger partial charge in [-0.3, -0.25) is 0 Å². The second kappa shape index (κ2) is 13.2. The van der Waals surface area contributed by atoms with Gasteiger partial charge in [0.2, 0.25) is 0 Å². The van der Waals surface area contributed by atoms with E-state index in [0.29, 0.717) is 0 Å². The Labute approximate surface area is 325 Å². The molecule has 2 heteroatoms. The zero-order valence-corrected chi connectivity index (χ0v) is 30.7. The molecule has 9 aromatic carbocycles. The second-order valence-corrected chi connectivity index (χ2v) is 14.4. The summed E-state index contributed by atoms with van der Waals surface area (Å²) in [6.45, 7) is 0. The molecule has 0 saturated carbocycles. The van der Waals surface area contributed by atoms with E-state index in [-0.39, 0.29) is 0 Å². The summed E-state index contributed by atoms with van der Waals surface area (Å²) in [5.74, 6) is 0. The van der Waals surface area contributed by atoms with Gasteiger partial charge in [0.1, 0.15) is 0 Å². The van der Waals surface area contributed by atoms with Crippen molar-refractivity contribution < 1.29 is 0 Å². The minimum Gasteiger partial charge on any atom is -0.309 e. The third-order valence-electron chi connectivity index (χ3n) is 11.3. The van der Waals surface area contributed by atoms with E-state index in [0.717, 1.165) is 11.4 Å². The Morgan fingerprint density at radius 3 is 1.02 bits per heavy atom. The van der Waals surface area contributed by atoms with E-state index in [1.807, 2.05) is 0 Å². The number of aromatic nitrogens is 2. The lowest BCUT2D eigenvalue weighted by Crippen LogP contribution is -2.01. The van der Waals surface area contributed by atoms with Crippen molar-refractivity contribution in [3.8, 4) is 55.9 Å². The molecule has 2 aromatic heterocycles. The highest BCUT2D eigenvalue weighted by Crippen LogP contribution is 2.53. The summed E-state index contributed by atoms with van der Waals surface area (Å²) in [7, 11) is 0. The number of fused-ring (bicyclic) bond motifs is 6. The molecule has 0 atom stereocenters. The topological polar surface area (TPSA) is 9.86 Å². The van der Waals surface area contributed by atoms with Crippen LogP contribution in [-0.4, -0.2) is 9.13 Å². The molecule has 262 valence electrons. The van der Waals surface area contributed by atoms with Crippen LogP contribution in [0.2, 0.25) is 0 Å². The van der Waals surface area contributed by atoms with Gasteiger partial charge in [0.05, 0.1) is 22.1 Å². The largest absolute Gasteiger partial charge is 0.309 e. The molecule has 0 N–H and O–H groups in total. The fourth-order valence-electron chi connectivity index (χ4n) is 9.01. The van der Waals surface area contributed by atoms with Crippen molar-refractivity contribution in [2.75, 3.05) is 0 Å². The molecule has 0 aliphatic rings. The first-order valence-corrected chi connectivity index (χ1v) is 19.3. The second-order valence-electron chi connectivity index (χ2n) is 14.4. The van der Waals surface area contributed by atoms with Gasteiger partial charge in [-0.1, -0.05) is 176 Å². The van der Waals surface area contributed by atoms with E-state index in [1.54, 1.807) is 0 Å².